The third-order valence-corrected chi connectivity index (χ3v) is 4.00. The Morgan fingerprint density at radius 1 is 1.20 bits per heavy atom. The lowest BCUT2D eigenvalue weighted by Crippen LogP contribution is -2.17. The molecule has 8 heteroatoms. The molecule has 124 valence electrons. The zero-order chi connectivity index (χ0) is 17.6. The van der Waals surface area contributed by atoms with Crippen LogP contribution in [0.25, 0.3) is 22.0 Å². The third kappa shape index (κ3) is 2.53. The Morgan fingerprint density at radius 3 is 2.80 bits per heavy atom. The van der Waals surface area contributed by atoms with Gasteiger partial charge in [-0.05, 0) is 19.1 Å². The lowest BCUT2D eigenvalue weighted by Gasteiger charge is -2.06. The van der Waals surface area contributed by atoms with E-state index in [1.807, 2.05) is 31.2 Å². The van der Waals surface area contributed by atoms with Crippen molar-refractivity contribution >= 4 is 27.7 Å². The monoisotopic (exact) mass is 336 g/mol. The van der Waals surface area contributed by atoms with Crippen molar-refractivity contribution in [2.24, 2.45) is 0 Å². The summed E-state index contributed by atoms with van der Waals surface area (Å²) in [6.45, 7) is 2.00. The first kappa shape index (κ1) is 15.0. The molecule has 0 N–H and O–H groups in total. The first-order valence-electron chi connectivity index (χ1n) is 7.53. The second-order valence-electron chi connectivity index (χ2n) is 5.61. The van der Waals surface area contributed by atoms with Crippen molar-refractivity contribution in [3.05, 3.63) is 74.6 Å². The van der Waals surface area contributed by atoms with Crippen LogP contribution in [-0.4, -0.2) is 19.5 Å². The van der Waals surface area contributed by atoms with Gasteiger partial charge in [-0.15, -0.1) is 0 Å². The Morgan fingerprint density at radius 2 is 2.00 bits per heavy atom. The predicted octanol–water partition coefficient (Wildman–Crippen LogP) is 2.80. The fourth-order valence-electron chi connectivity index (χ4n) is 2.83. The Labute approximate surface area is 140 Å². The summed E-state index contributed by atoms with van der Waals surface area (Å²) in [5.41, 5.74) is 2.10. The van der Waals surface area contributed by atoms with Gasteiger partial charge in [0.25, 0.3) is 5.69 Å². The van der Waals surface area contributed by atoms with Gasteiger partial charge in [-0.3, -0.25) is 14.7 Å². The van der Waals surface area contributed by atoms with E-state index in [1.54, 1.807) is 0 Å². The lowest BCUT2D eigenvalue weighted by molar-refractivity contribution is -0.384. The first-order chi connectivity index (χ1) is 12.0. The number of aryl methyl sites for hydroxylation is 1. The molecule has 25 heavy (non-hydrogen) atoms. The van der Waals surface area contributed by atoms with Gasteiger partial charge in [0.1, 0.15) is 5.82 Å². The van der Waals surface area contributed by atoms with Crippen molar-refractivity contribution in [1.29, 1.82) is 0 Å². The number of para-hydroxylation sites is 1. The molecule has 0 spiro atoms. The van der Waals surface area contributed by atoms with Gasteiger partial charge in [-0.1, -0.05) is 18.2 Å². The highest BCUT2D eigenvalue weighted by Gasteiger charge is 2.15. The summed E-state index contributed by atoms with van der Waals surface area (Å²) >= 11 is 0. The summed E-state index contributed by atoms with van der Waals surface area (Å²) < 4.78 is 6.49. The molecule has 0 atom stereocenters. The maximum atomic E-state index is 12.1. The van der Waals surface area contributed by atoms with Crippen LogP contribution in [0.2, 0.25) is 0 Å². The lowest BCUT2D eigenvalue weighted by atomic mass is 10.2. The Hall–Kier alpha value is -3.55. The SMILES string of the molecule is Cc1nc(Cn2c(=O)oc3cc([N+](=O)[O-])ccc32)nc2ccccc12. The normalized spacial score (nSPS) is 11.2. The van der Waals surface area contributed by atoms with E-state index in [0.717, 1.165) is 16.6 Å². The predicted molar refractivity (Wildman–Crippen MR) is 90.5 cm³/mol. The molecule has 2 heterocycles. The highest BCUT2D eigenvalue weighted by atomic mass is 16.6. The van der Waals surface area contributed by atoms with Gasteiger partial charge in [-0.25, -0.2) is 14.8 Å². The molecule has 8 nitrogen and oxygen atoms in total. The number of fused-ring (bicyclic) bond motifs is 2. The largest absolute Gasteiger partial charge is 0.420 e. The zero-order valence-electron chi connectivity index (χ0n) is 13.2. The van der Waals surface area contributed by atoms with Crippen LogP contribution in [0, 0.1) is 17.0 Å². The minimum atomic E-state index is -0.607. The number of rotatable bonds is 3. The van der Waals surface area contributed by atoms with Crippen molar-refractivity contribution in [1.82, 2.24) is 14.5 Å². The summed E-state index contributed by atoms with van der Waals surface area (Å²) in [5, 5.41) is 11.8. The Kier molecular flexibility index (Phi) is 3.31. The molecule has 0 amide bonds. The number of aromatic nitrogens is 3. The van der Waals surface area contributed by atoms with E-state index in [2.05, 4.69) is 9.97 Å². The van der Waals surface area contributed by atoms with E-state index in [4.69, 9.17) is 4.42 Å². The maximum absolute atomic E-state index is 12.1. The number of non-ortho nitro benzene ring substituents is 1. The average Bonchev–Trinajstić information content (AvgIpc) is 2.90. The van der Waals surface area contributed by atoms with E-state index < -0.39 is 10.7 Å². The fraction of sp³-hybridized carbons (Fsp3) is 0.118. The van der Waals surface area contributed by atoms with Crippen LogP contribution in [0.3, 0.4) is 0 Å². The van der Waals surface area contributed by atoms with Crippen LogP contribution < -0.4 is 5.76 Å². The molecular formula is C17H12N4O4. The van der Waals surface area contributed by atoms with Crippen LogP contribution in [0.1, 0.15) is 11.5 Å². The fourth-order valence-corrected chi connectivity index (χ4v) is 2.83. The van der Waals surface area contributed by atoms with Crippen molar-refractivity contribution in [2.45, 2.75) is 13.5 Å². The molecule has 0 saturated carbocycles. The highest BCUT2D eigenvalue weighted by molar-refractivity contribution is 5.80. The van der Waals surface area contributed by atoms with Gasteiger partial charge in [-0.2, -0.15) is 0 Å². The van der Waals surface area contributed by atoms with Crippen LogP contribution in [0.5, 0.6) is 0 Å². The van der Waals surface area contributed by atoms with E-state index in [9.17, 15) is 14.9 Å². The maximum Gasteiger partial charge on any atom is 0.420 e. The second kappa shape index (κ2) is 5.52. The summed E-state index contributed by atoms with van der Waals surface area (Å²) in [5.74, 6) is -0.135. The standard InChI is InChI=1S/C17H12N4O4/c1-10-12-4-2-3-5-13(12)19-16(18-10)9-20-14-7-6-11(21(23)24)8-15(14)25-17(20)22/h2-8H,9H2,1H3. The van der Waals surface area contributed by atoms with Crippen molar-refractivity contribution in [3.63, 3.8) is 0 Å². The molecule has 0 aliphatic rings. The van der Waals surface area contributed by atoms with Gasteiger partial charge >= 0.3 is 5.76 Å². The van der Waals surface area contributed by atoms with Crippen LogP contribution >= 0.6 is 0 Å². The number of benzene rings is 2. The number of oxazole rings is 1. The van der Waals surface area contributed by atoms with E-state index in [0.29, 0.717) is 11.3 Å². The first-order valence-corrected chi connectivity index (χ1v) is 7.53. The van der Waals surface area contributed by atoms with Gasteiger partial charge in [0.05, 0.1) is 28.6 Å². The minimum Gasteiger partial charge on any atom is -0.407 e. The molecular weight excluding hydrogens is 324 g/mol. The molecule has 0 radical (unpaired) electrons. The van der Waals surface area contributed by atoms with Gasteiger partial charge < -0.3 is 4.42 Å². The highest BCUT2D eigenvalue weighted by Crippen LogP contribution is 2.21. The van der Waals surface area contributed by atoms with Gasteiger partial charge in [0.2, 0.25) is 0 Å². The van der Waals surface area contributed by atoms with E-state index >= 15 is 0 Å². The van der Waals surface area contributed by atoms with Crippen molar-refractivity contribution in [3.8, 4) is 0 Å². The van der Waals surface area contributed by atoms with E-state index in [-0.39, 0.29) is 17.8 Å². The molecule has 4 rings (SSSR count). The number of nitro benzene ring substituents is 1. The molecule has 0 aliphatic heterocycles. The topological polar surface area (TPSA) is 104 Å². The van der Waals surface area contributed by atoms with E-state index in [1.165, 1.54) is 22.8 Å². The molecule has 2 aromatic carbocycles. The number of hydrogen-bond donors (Lipinski definition) is 0. The minimum absolute atomic E-state index is 0.120. The zero-order valence-corrected chi connectivity index (χ0v) is 13.2. The number of hydrogen-bond acceptors (Lipinski definition) is 6. The molecule has 2 aromatic heterocycles. The van der Waals surface area contributed by atoms with Crippen molar-refractivity contribution < 1.29 is 9.34 Å². The summed E-state index contributed by atoms with van der Waals surface area (Å²) in [6.07, 6.45) is 0. The summed E-state index contributed by atoms with van der Waals surface area (Å²) in [7, 11) is 0. The number of nitro groups is 1. The van der Waals surface area contributed by atoms with Crippen LogP contribution in [0.15, 0.2) is 51.7 Å². The van der Waals surface area contributed by atoms with Crippen LogP contribution in [0.4, 0.5) is 5.69 Å². The molecule has 0 fully saturated rings. The summed E-state index contributed by atoms with van der Waals surface area (Å²) in [6, 6.07) is 11.7. The Bertz CT molecular complexity index is 1190. The second-order valence-corrected chi connectivity index (χ2v) is 5.61. The summed E-state index contributed by atoms with van der Waals surface area (Å²) in [4.78, 5) is 31.4. The average molecular weight is 336 g/mol. The molecule has 0 saturated heterocycles. The molecule has 0 bridgehead atoms. The van der Waals surface area contributed by atoms with Gasteiger partial charge in [0, 0.05) is 17.1 Å². The smallest absolute Gasteiger partial charge is 0.407 e. The quantitative estimate of drug-likeness (QED) is 0.421. The molecule has 0 unspecified atom stereocenters. The van der Waals surface area contributed by atoms with Gasteiger partial charge in [0.15, 0.2) is 5.58 Å². The Balaban J connectivity index is 1.82. The molecule has 0 aliphatic carbocycles. The third-order valence-electron chi connectivity index (χ3n) is 4.00. The van der Waals surface area contributed by atoms with Crippen LogP contribution in [-0.2, 0) is 6.54 Å². The molecule has 4 aromatic rings. The number of nitrogens with zero attached hydrogens (tertiary/aromatic N) is 4. The van der Waals surface area contributed by atoms with Crippen molar-refractivity contribution in [2.75, 3.05) is 0 Å².